The molecule has 1 aromatic heterocycles. The molecule has 0 aliphatic heterocycles. The number of ether oxygens (including phenoxy) is 1. The van der Waals surface area contributed by atoms with Crippen molar-refractivity contribution in [2.24, 2.45) is 10.7 Å². The molecule has 0 fully saturated rings. The molecule has 0 bridgehead atoms. The maximum absolute atomic E-state index is 5.82. The third-order valence-corrected chi connectivity index (χ3v) is 2.48. The molecule has 0 amide bonds. The van der Waals surface area contributed by atoms with Gasteiger partial charge in [-0.05, 0) is 24.3 Å². The van der Waals surface area contributed by atoms with Gasteiger partial charge in [-0.15, -0.1) is 24.0 Å². The SMILES string of the molecule is COc1cccc(NC(N)=NCc2ccccn2)c1.I. The highest BCUT2D eigenvalue weighted by Gasteiger charge is 1.97. The summed E-state index contributed by atoms with van der Waals surface area (Å²) in [5.41, 5.74) is 7.52. The monoisotopic (exact) mass is 384 g/mol. The molecule has 0 radical (unpaired) electrons. The van der Waals surface area contributed by atoms with Crippen LogP contribution in [0.2, 0.25) is 0 Å². The van der Waals surface area contributed by atoms with E-state index in [2.05, 4.69) is 15.3 Å². The lowest BCUT2D eigenvalue weighted by molar-refractivity contribution is 0.415. The molecule has 6 heteroatoms. The van der Waals surface area contributed by atoms with Gasteiger partial charge in [0, 0.05) is 18.0 Å². The number of methoxy groups -OCH3 is 1. The second-order valence-electron chi connectivity index (χ2n) is 3.88. The fraction of sp³-hybridized carbons (Fsp3) is 0.143. The Labute approximate surface area is 135 Å². The van der Waals surface area contributed by atoms with E-state index in [1.165, 1.54) is 0 Å². The van der Waals surface area contributed by atoms with E-state index in [9.17, 15) is 0 Å². The molecule has 0 aliphatic carbocycles. The zero-order valence-corrected chi connectivity index (χ0v) is 13.4. The van der Waals surface area contributed by atoms with Crippen LogP contribution < -0.4 is 15.8 Å². The summed E-state index contributed by atoms with van der Waals surface area (Å²) in [5.74, 6) is 1.11. The van der Waals surface area contributed by atoms with E-state index < -0.39 is 0 Å². The number of hydrogen-bond acceptors (Lipinski definition) is 3. The van der Waals surface area contributed by atoms with Gasteiger partial charge in [0.25, 0.3) is 0 Å². The van der Waals surface area contributed by atoms with Gasteiger partial charge in [-0.2, -0.15) is 0 Å². The number of anilines is 1. The summed E-state index contributed by atoms with van der Waals surface area (Å²) in [6.45, 7) is 0.448. The molecule has 2 rings (SSSR count). The third kappa shape index (κ3) is 5.04. The largest absolute Gasteiger partial charge is 0.497 e. The zero-order chi connectivity index (χ0) is 13.5. The van der Waals surface area contributed by atoms with Crippen LogP contribution in [0.5, 0.6) is 5.75 Å². The van der Waals surface area contributed by atoms with E-state index in [-0.39, 0.29) is 24.0 Å². The fourth-order valence-corrected chi connectivity index (χ4v) is 1.55. The van der Waals surface area contributed by atoms with Crippen LogP contribution in [0.1, 0.15) is 5.69 Å². The van der Waals surface area contributed by atoms with Crippen LogP contribution in [0, 0.1) is 0 Å². The number of hydrogen-bond donors (Lipinski definition) is 2. The van der Waals surface area contributed by atoms with Crippen LogP contribution in [-0.4, -0.2) is 18.1 Å². The van der Waals surface area contributed by atoms with Gasteiger partial charge < -0.3 is 15.8 Å². The molecule has 20 heavy (non-hydrogen) atoms. The Morgan fingerprint density at radius 3 is 2.85 bits per heavy atom. The van der Waals surface area contributed by atoms with Gasteiger partial charge in [-0.1, -0.05) is 12.1 Å². The van der Waals surface area contributed by atoms with Gasteiger partial charge in [0.2, 0.25) is 0 Å². The number of nitrogens with zero attached hydrogens (tertiary/aromatic N) is 2. The van der Waals surface area contributed by atoms with Crippen molar-refractivity contribution >= 4 is 35.6 Å². The predicted molar refractivity (Wildman–Crippen MR) is 91.6 cm³/mol. The summed E-state index contributed by atoms with van der Waals surface area (Å²) in [6, 6.07) is 13.2. The first-order chi connectivity index (χ1) is 9.28. The summed E-state index contributed by atoms with van der Waals surface area (Å²) in [6.07, 6.45) is 1.73. The van der Waals surface area contributed by atoms with E-state index in [0.29, 0.717) is 12.5 Å². The van der Waals surface area contributed by atoms with Crippen molar-refractivity contribution in [1.29, 1.82) is 0 Å². The first kappa shape index (κ1) is 16.2. The second-order valence-corrected chi connectivity index (χ2v) is 3.88. The molecular formula is C14H17IN4O. The van der Waals surface area contributed by atoms with E-state index >= 15 is 0 Å². The number of aliphatic imine (C=N–C) groups is 1. The molecule has 1 heterocycles. The Morgan fingerprint density at radius 1 is 1.30 bits per heavy atom. The van der Waals surface area contributed by atoms with Gasteiger partial charge >= 0.3 is 0 Å². The molecule has 0 spiro atoms. The topological polar surface area (TPSA) is 72.5 Å². The van der Waals surface area contributed by atoms with Crippen LogP contribution in [0.3, 0.4) is 0 Å². The minimum Gasteiger partial charge on any atom is -0.497 e. The van der Waals surface area contributed by atoms with Crippen molar-refractivity contribution in [2.45, 2.75) is 6.54 Å². The maximum Gasteiger partial charge on any atom is 0.193 e. The van der Waals surface area contributed by atoms with Crippen molar-refractivity contribution in [2.75, 3.05) is 12.4 Å². The molecule has 0 aliphatic rings. The van der Waals surface area contributed by atoms with Gasteiger partial charge in [0.1, 0.15) is 5.75 Å². The zero-order valence-electron chi connectivity index (χ0n) is 11.1. The van der Waals surface area contributed by atoms with Crippen LogP contribution in [-0.2, 0) is 6.54 Å². The number of nitrogens with one attached hydrogen (secondary N) is 1. The van der Waals surface area contributed by atoms with Crippen molar-refractivity contribution < 1.29 is 4.74 Å². The van der Waals surface area contributed by atoms with Crippen LogP contribution in [0.25, 0.3) is 0 Å². The summed E-state index contributed by atoms with van der Waals surface area (Å²) >= 11 is 0. The number of benzene rings is 1. The highest BCUT2D eigenvalue weighted by molar-refractivity contribution is 14.0. The van der Waals surface area contributed by atoms with Gasteiger partial charge in [0.05, 0.1) is 19.3 Å². The third-order valence-electron chi connectivity index (χ3n) is 2.48. The molecule has 1 aromatic carbocycles. The van der Waals surface area contributed by atoms with E-state index in [0.717, 1.165) is 17.1 Å². The Kier molecular flexibility index (Phi) is 6.78. The van der Waals surface area contributed by atoms with E-state index in [1.54, 1.807) is 13.3 Å². The fourth-order valence-electron chi connectivity index (χ4n) is 1.55. The summed E-state index contributed by atoms with van der Waals surface area (Å²) in [4.78, 5) is 8.40. The quantitative estimate of drug-likeness (QED) is 0.483. The minimum atomic E-state index is 0. The van der Waals surface area contributed by atoms with Crippen LogP contribution >= 0.6 is 24.0 Å². The average molecular weight is 384 g/mol. The number of halogens is 1. The van der Waals surface area contributed by atoms with Crippen molar-refractivity contribution in [3.05, 3.63) is 54.4 Å². The lowest BCUT2D eigenvalue weighted by atomic mass is 10.3. The number of guanidine groups is 1. The summed E-state index contributed by atoms with van der Waals surface area (Å²) < 4.78 is 5.14. The van der Waals surface area contributed by atoms with Crippen LogP contribution in [0.15, 0.2) is 53.7 Å². The molecule has 3 N–H and O–H groups in total. The smallest absolute Gasteiger partial charge is 0.193 e. The molecule has 5 nitrogen and oxygen atoms in total. The normalized spacial score (nSPS) is 10.6. The average Bonchev–Trinajstić information content (AvgIpc) is 2.46. The van der Waals surface area contributed by atoms with Gasteiger partial charge in [-0.25, -0.2) is 4.99 Å². The first-order valence-corrected chi connectivity index (χ1v) is 5.89. The Balaban J connectivity index is 0.00000200. The Morgan fingerprint density at radius 2 is 2.15 bits per heavy atom. The Hall–Kier alpha value is -1.83. The molecule has 106 valence electrons. The first-order valence-electron chi connectivity index (χ1n) is 5.89. The lowest BCUT2D eigenvalue weighted by Crippen LogP contribution is -2.22. The molecule has 0 saturated carbocycles. The summed E-state index contributed by atoms with van der Waals surface area (Å²) in [7, 11) is 1.62. The number of nitrogens with two attached hydrogens (primary N) is 1. The Bertz CT molecular complexity index is 560. The van der Waals surface area contributed by atoms with E-state index in [1.807, 2.05) is 42.5 Å². The number of pyridine rings is 1. The van der Waals surface area contributed by atoms with Crippen molar-refractivity contribution in [1.82, 2.24) is 4.98 Å². The number of rotatable bonds is 4. The summed E-state index contributed by atoms with van der Waals surface area (Å²) in [5, 5.41) is 3.01. The maximum atomic E-state index is 5.82. The van der Waals surface area contributed by atoms with Crippen molar-refractivity contribution in [3.63, 3.8) is 0 Å². The highest BCUT2D eigenvalue weighted by atomic mass is 127. The molecule has 2 aromatic rings. The standard InChI is InChI=1S/C14H16N4O.HI/c1-19-13-7-4-6-11(9-13)18-14(15)17-10-12-5-2-3-8-16-12;/h2-9H,10H2,1H3,(H3,15,17,18);1H. The van der Waals surface area contributed by atoms with Crippen LogP contribution in [0.4, 0.5) is 5.69 Å². The minimum absolute atomic E-state index is 0. The lowest BCUT2D eigenvalue weighted by Gasteiger charge is -2.07. The molecule has 0 unspecified atom stereocenters. The van der Waals surface area contributed by atoms with Crippen molar-refractivity contribution in [3.8, 4) is 5.75 Å². The van der Waals surface area contributed by atoms with Gasteiger partial charge in [0.15, 0.2) is 5.96 Å². The second kappa shape index (κ2) is 8.36. The molecule has 0 atom stereocenters. The molecular weight excluding hydrogens is 367 g/mol. The number of aromatic nitrogens is 1. The molecule has 0 saturated heterocycles. The van der Waals surface area contributed by atoms with Gasteiger partial charge in [-0.3, -0.25) is 4.98 Å². The highest BCUT2D eigenvalue weighted by Crippen LogP contribution is 2.16. The predicted octanol–water partition coefficient (Wildman–Crippen LogP) is 2.64. The van der Waals surface area contributed by atoms with E-state index in [4.69, 9.17) is 10.5 Å².